The average molecular weight is 264 g/mol. The van der Waals surface area contributed by atoms with Crippen molar-refractivity contribution in [3.05, 3.63) is 11.8 Å². The molecule has 0 bridgehead atoms. The Bertz CT molecular complexity index is 416. The Hall–Kier alpha value is -1.36. The van der Waals surface area contributed by atoms with Crippen molar-refractivity contribution in [2.75, 3.05) is 18.6 Å². The van der Waals surface area contributed by atoms with Crippen LogP contribution in [0.25, 0.3) is 0 Å². The van der Waals surface area contributed by atoms with Gasteiger partial charge < -0.3 is 15.4 Å². The molecule has 1 aliphatic carbocycles. The van der Waals surface area contributed by atoms with E-state index in [2.05, 4.69) is 21.9 Å². The molecule has 1 heterocycles. The molecular formula is C14H24N4O. The molecule has 0 aromatic carbocycles. The third-order valence-corrected chi connectivity index (χ3v) is 3.72. The van der Waals surface area contributed by atoms with Gasteiger partial charge in [-0.2, -0.15) is 4.98 Å². The smallest absolute Gasteiger partial charge is 0.228 e. The number of nitrogens with two attached hydrogens (primary N) is 1. The number of hydrogen-bond donors (Lipinski definition) is 1. The van der Waals surface area contributed by atoms with Crippen LogP contribution < -0.4 is 15.4 Å². The van der Waals surface area contributed by atoms with Gasteiger partial charge in [-0.15, -0.1) is 0 Å². The third kappa shape index (κ3) is 3.56. The van der Waals surface area contributed by atoms with Crippen LogP contribution in [0.1, 0.15) is 38.3 Å². The van der Waals surface area contributed by atoms with E-state index in [0.29, 0.717) is 24.6 Å². The van der Waals surface area contributed by atoms with Crippen molar-refractivity contribution < 1.29 is 4.74 Å². The highest BCUT2D eigenvalue weighted by atomic mass is 16.5. The molecule has 2 N–H and O–H groups in total. The summed E-state index contributed by atoms with van der Waals surface area (Å²) in [5.41, 5.74) is 6.89. The average Bonchev–Trinajstić information content (AvgIpc) is 2.38. The van der Waals surface area contributed by atoms with Gasteiger partial charge in [0, 0.05) is 30.9 Å². The summed E-state index contributed by atoms with van der Waals surface area (Å²) in [5.74, 6) is 1.41. The van der Waals surface area contributed by atoms with Crippen LogP contribution in [0.15, 0.2) is 6.07 Å². The molecule has 0 unspecified atom stereocenters. The van der Waals surface area contributed by atoms with Crippen molar-refractivity contribution in [3.63, 3.8) is 0 Å². The molecule has 1 saturated carbocycles. The second-order valence-corrected chi connectivity index (χ2v) is 5.26. The first kappa shape index (κ1) is 14.1. The Balaban J connectivity index is 2.11. The van der Waals surface area contributed by atoms with Gasteiger partial charge in [-0.05, 0) is 39.5 Å². The molecule has 5 nitrogen and oxygen atoms in total. The fourth-order valence-corrected chi connectivity index (χ4v) is 2.56. The maximum absolute atomic E-state index is 5.95. The van der Waals surface area contributed by atoms with E-state index in [0.717, 1.165) is 37.3 Å². The van der Waals surface area contributed by atoms with Crippen molar-refractivity contribution in [2.45, 2.75) is 51.6 Å². The molecule has 1 fully saturated rings. The van der Waals surface area contributed by atoms with E-state index in [1.54, 1.807) is 0 Å². The standard InChI is InChI=1S/C14H24N4O/c1-4-19-13-9-10(2)16-14(17-13)18(3)12-7-5-11(15)6-8-12/h9,11-12H,4-8,15H2,1-3H3. The monoisotopic (exact) mass is 264 g/mol. The first-order valence-electron chi connectivity index (χ1n) is 7.07. The summed E-state index contributed by atoms with van der Waals surface area (Å²) in [5, 5.41) is 0. The summed E-state index contributed by atoms with van der Waals surface area (Å²) >= 11 is 0. The van der Waals surface area contributed by atoms with Gasteiger partial charge >= 0.3 is 0 Å². The Morgan fingerprint density at radius 2 is 2.00 bits per heavy atom. The minimum atomic E-state index is 0.363. The summed E-state index contributed by atoms with van der Waals surface area (Å²) in [4.78, 5) is 11.2. The van der Waals surface area contributed by atoms with Crippen LogP contribution in [0.5, 0.6) is 5.88 Å². The van der Waals surface area contributed by atoms with Gasteiger partial charge in [-0.25, -0.2) is 4.98 Å². The number of hydrogen-bond acceptors (Lipinski definition) is 5. The lowest BCUT2D eigenvalue weighted by Crippen LogP contribution is -2.39. The SMILES string of the molecule is CCOc1cc(C)nc(N(C)C2CCC(N)CC2)n1. The maximum Gasteiger partial charge on any atom is 0.228 e. The van der Waals surface area contributed by atoms with E-state index in [1.165, 1.54) is 0 Å². The van der Waals surface area contributed by atoms with E-state index in [9.17, 15) is 0 Å². The Morgan fingerprint density at radius 3 is 2.63 bits per heavy atom. The van der Waals surface area contributed by atoms with Crippen molar-refractivity contribution in [1.82, 2.24) is 9.97 Å². The molecule has 0 radical (unpaired) electrons. The molecule has 2 rings (SSSR count). The van der Waals surface area contributed by atoms with Crippen molar-refractivity contribution >= 4 is 5.95 Å². The summed E-state index contributed by atoms with van der Waals surface area (Å²) < 4.78 is 5.48. The van der Waals surface area contributed by atoms with Crippen molar-refractivity contribution in [1.29, 1.82) is 0 Å². The van der Waals surface area contributed by atoms with Crippen LogP contribution >= 0.6 is 0 Å². The normalized spacial score (nSPS) is 23.2. The molecule has 0 saturated heterocycles. The van der Waals surface area contributed by atoms with Gasteiger partial charge in [0.1, 0.15) is 0 Å². The number of aromatic nitrogens is 2. The second kappa shape index (κ2) is 6.19. The quantitative estimate of drug-likeness (QED) is 0.899. The molecule has 0 aliphatic heterocycles. The van der Waals surface area contributed by atoms with Gasteiger partial charge in [0.25, 0.3) is 0 Å². The fourth-order valence-electron chi connectivity index (χ4n) is 2.56. The molecule has 1 aromatic rings. The van der Waals surface area contributed by atoms with E-state index in [4.69, 9.17) is 10.5 Å². The summed E-state index contributed by atoms with van der Waals surface area (Å²) in [6, 6.07) is 2.72. The lowest BCUT2D eigenvalue weighted by atomic mass is 9.91. The number of aryl methyl sites for hydroxylation is 1. The molecule has 0 spiro atoms. The molecule has 0 amide bonds. The number of ether oxygens (including phenoxy) is 1. The fraction of sp³-hybridized carbons (Fsp3) is 0.714. The Kier molecular flexibility index (Phi) is 4.58. The molecule has 5 heteroatoms. The van der Waals surface area contributed by atoms with Crippen LogP contribution in [0.2, 0.25) is 0 Å². The number of anilines is 1. The topological polar surface area (TPSA) is 64.3 Å². The largest absolute Gasteiger partial charge is 0.478 e. The van der Waals surface area contributed by atoms with E-state index >= 15 is 0 Å². The van der Waals surface area contributed by atoms with Gasteiger partial charge in [0.15, 0.2) is 0 Å². The molecular weight excluding hydrogens is 240 g/mol. The minimum Gasteiger partial charge on any atom is -0.478 e. The van der Waals surface area contributed by atoms with Gasteiger partial charge in [-0.3, -0.25) is 0 Å². The first-order valence-corrected chi connectivity index (χ1v) is 7.07. The highest BCUT2D eigenvalue weighted by molar-refractivity contribution is 5.34. The summed E-state index contributed by atoms with van der Waals surface area (Å²) in [6.07, 6.45) is 4.39. The molecule has 1 aromatic heterocycles. The lowest BCUT2D eigenvalue weighted by molar-refractivity contribution is 0.324. The highest BCUT2D eigenvalue weighted by Gasteiger charge is 2.23. The van der Waals surface area contributed by atoms with Crippen LogP contribution in [-0.4, -0.2) is 35.7 Å². The predicted octanol–water partition coefficient (Wildman–Crippen LogP) is 1.89. The lowest BCUT2D eigenvalue weighted by Gasteiger charge is -2.33. The van der Waals surface area contributed by atoms with Crippen molar-refractivity contribution in [2.24, 2.45) is 5.73 Å². The zero-order valence-corrected chi connectivity index (χ0v) is 12.1. The van der Waals surface area contributed by atoms with Crippen LogP contribution in [0.4, 0.5) is 5.95 Å². The predicted molar refractivity (Wildman–Crippen MR) is 76.6 cm³/mol. The minimum absolute atomic E-state index is 0.363. The van der Waals surface area contributed by atoms with E-state index < -0.39 is 0 Å². The highest BCUT2D eigenvalue weighted by Crippen LogP contribution is 2.25. The Morgan fingerprint density at radius 1 is 1.32 bits per heavy atom. The Labute approximate surface area is 115 Å². The molecule has 1 aliphatic rings. The third-order valence-electron chi connectivity index (χ3n) is 3.72. The van der Waals surface area contributed by atoms with Crippen LogP contribution in [0, 0.1) is 6.92 Å². The first-order chi connectivity index (χ1) is 9.10. The summed E-state index contributed by atoms with van der Waals surface area (Å²) in [6.45, 7) is 4.56. The van der Waals surface area contributed by atoms with E-state index in [-0.39, 0.29) is 0 Å². The van der Waals surface area contributed by atoms with E-state index in [1.807, 2.05) is 19.9 Å². The molecule has 106 valence electrons. The number of rotatable bonds is 4. The number of nitrogens with zero attached hydrogens (tertiary/aromatic N) is 3. The van der Waals surface area contributed by atoms with Crippen LogP contribution in [0.3, 0.4) is 0 Å². The molecule has 0 atom stereocenters. The molecule has 19 heavy (non-hydrogen) atoms. The van der Waals surface area contributed by atoms with Crippen molar-refractivity contribution in [3.8, 4) is 5.88 Å². The maximum atomic E-state index is 5.95. The summed E-state index contributed by atoms with van der Waals surface area (Å²) in [7, 11) is 2.06. The van der Waals surface area contributed by atoms with Crippen LogP contribution in [-0.2, 0) is 0 Å². The van der Waals surface area contributed by atoms with Gasteiger partial charge in [0.05, 0.1) is 6.61 Å². The van der Waals surface area contributed by atoms with Gasteiger partial charge in [-0.1, -0.05) is 0 Å². The van der Waals surface area contributed by atoms with Gasteiger partial charge in [0.2, 0.25) is 11.8 Å². The second-order valence-electron chi connectivity index (χ2n) is 5.26. The zero-order valence-electron chi connectivity index (χ0n) is 12.1. The zero-order chi connectivity index (χ0) is 13.8.